The minimum atomic E-state index is -4.82. The van der Waals surface area contributed by atoms with Crippen molar-refractivity contribution >= 4 is 40.1 Å². The number of fused-ring (bicyclic) bond motifs is 1. The van der Waals surface area contributed by atoms with Crippen LogP contribution in [-0.2, 0) is 20.5 Å². The summed E-state index contributed by atoms with van der Waals surface area (Å²) in [5.74, 6) is -2.01. The first-order valence-corrected chi connectivity index (χ1v) is 10.1. The Morgan fingerprint density at radius 3 is 2.48 bits per heavy atom. The van der Waals surface area contributed by atoms with Crippen LogP contribution in [0.2, 0.25) is 0 Å². The van der Waals surface area contributed by atoms with E-state index in [1.165, 1.54) is 24.3 Å². The molecule has 3 aromatic rings. The monoisotopic (exact) mass is 457 g/mol. The zero-order valence-electron chi connectivity index (χ0n) is 17.2. The van der Waals surface area contributed by atoms with Gasteiger partial charge in [-0.25, -0.2) is 4.79 Å². The van der Waals surface area contributed by atoms with Crippen molar-refractivity contribution in [2.24, 2.45) is 0 Å². The quantitative estimate of drug-likeness (QED) is 0.581. The number of hydrogen-bond donors (Lipinski definition) is 1. The molecule has 1 aliphatic heterocycles. The van der Waals surface area contributed by atoms with Crippen molar-refractivity contribution in [1.82, 2.24) is 4.98 Å². The highest BCUT2D eigenvalue weighted by molar-refractivity contribution is 6.00. The zero-order valence-corrected chi connectivity index (χ0v) is 17.2. The number of carbonyl (C=O) groups excluding carboxylic acids is 3. The second kappa shape index (κ2) is 8.89. The summed E-state index contributed by atoms with van der Waals surface area (Å²) < 4.78 is 45.8. The molecule has 0 spiro atoms. The lowest BCUT2D eigenvalue weighted by atomic mass is 10.0. The molecule has 1 N–H and O–H groups in total. The molecule has 2 aromatic carbocycles. The van der Waals surface area contributed by atoms with Crippen molar-refractivity contribution in [1.29, 1.82) is 0 Å². The number of aromatic nitrogens is 1. The van der Waals surface area contributed by atoms with E-state index in [9.17, 15) is 27.6 Å². The molecule has 0 aliphatic carbocycles. The van der Waals surface area contributed by atoms with Gasteiger partial charge in [0, 0.05) is 35.9 Å². The van der Waals surface area contributed by atoms with Crippen LogP contribution in [0.3, 0.4) is 0 Å². The van der Waals surface area contributed by atoms with Crippen LogP contribution < -0.4 is 10.2 Å². The summed E-state index contributed by atoms with van der Waals surface area (Å²) in [5, 5.41) is 2.26. The van der Waals surface area contributed by atoms with E-state index >= 15 is 0 Å². The normalized spacial score (nSPS) is 13.9. The first-order chi connectivity index (χ1) is 15.7. The number of nitrogens with one attached hydrogen (secondary N) is 1. The molecule has 170 valence electrons. The largest absolute Gasteiger partial charge is 0.452 e. The van der Waals surface area contributed by atoms with Crippen LogP contribution in [0.5, 0.6) is 0 Å². The number of amides is 2. The summed E-state index contributed by atoms with van der Waals surface area (Å²) in [4.78, 5) is 41.8. The number of halogens is 3. The van der Waals surface area contributed by atoms with Crippen LogP contribution >= 0.6 is 0 Å². The summed E-state index contributed by atoms with van der Waals surface area (Å²) in [6.07, 6.45) is -2.75. The molecular weight excluding hydrogens is 439 g/mol. The molecule has 1 saturated heterocycles. The van der Waals surface area contributed by atoms with Gasteiger partial charge in [0.2, 0.25) is 5.91 Å². The van der Waals surface area contributed by atoms with Crippen LogP contribution in [-0.4, -0.2) is 35.9 Å². The number of anilines is 2. The molecule has 1 aromatic heterocycles. The average molecular weight is 457 g/mol. The molecule has 0 saturated carbocycles. The van der Waals surface area contributed by atoms with Gasteiger partial charge in [-0.1, -0.05) is 18.2 Å². The van der Waals surface area contributed by atoms with Gasteiger partial charge >= 0.3 is 12.1 Å². The van der Waals surface area contributed by atoms with Crippen molar-refractivity contribution in [3.8, 4) is 0 Å². The molecule has 0 radical (unpaired) electrons. The first-order valence-electron chi connectivity index (χ1n) is 10.1. The highest BCUT2D eigenvalue weighted by atomic mass is 19.4. The van der Waals surface area contributed by atoms with Gasteiger partial charge in [-0.2, -0.15) is 13.2 Å². The van der Waals surface area contributed by atoms with Crippen LogP contribution in [0.15, 0.2) is 54.7 Å². The summed E-state index contributed by atoms with van der Waals surface area (Å²) >= 11 is 0. The van der Waals surface area contributed by atoms with Crippen molar-refractivity contribution in [3.05, 3.63) is 65.9 Å². The molecule has 2 heterocycles. The minimum Gasteiger partial charge on any atom is -0.452 e. The van der Waals surface area contributed by atoms with Gasteiger partial charge in [-0.05, 0) is 36.8 Å². The van der Waals surface area contributed by atoms with Crippen LogP contribution in [0.25, 0.3) is 10.9 Å². The van der Waals surface area contributed by atoms with E-state index in [2.05, 4.69) is 10.3 Å². The second-order valence-corrected chi connectivity index (χ2v) is 7.38. The Hall–Kier alpha value is -3.95. The third-order valence-corrected chi connectivity index (χ3v) is 5.15. The van der Waals surface area contributed by atoms with Gasteiger partial charge in [0.25, 0.3) is 5.91 Å². The Morgan fingerprint density at radius 2 is 1.82 bits per heavy atom. The summed E-state index contributed by atoms with van der Waals surface area (Å²) in [7, 11) is 0. The first kappa shape index (κ1) is 22.3. The number of para-hydroxylation sites is 1. The molecule has 4 rings (SSSR count). The van der Waals surface area contributed by atoms with E-state index < -0.39 is 35.8 Å². The van der Waals surface area contributed by atoms with E-state index in [1.807, 2.05) is 0 Å². The number of esters is 1. The van der Waals surface area contributed by atoms with Gasteiger partial charge in [-0.15, -0.1) is 0 Å². The third kappa shape index (κ3) is 4.79. The Labute approximate surface area is 186 Å². The van der Waals surface area contributed by atoms with Crippen molar-refractivity contribution in [2.45, 2.75) is 19.0 Å². The fourth-order valence-electron chi connectivity index (χ4n) is 3.65. The van der Waals surface area contributed by atoms with Crippen LogP contribution in [0, 0.1) is 0 Å². The Kier molecular flexibility index (Phi) is 5.99. The topological polar surface area (TPSA) is 88.6 Å². The molecule has 1 fully saturated rings. The maximum absolute atomic E-state index is 13.7. The lowest BCUT2D eigenvalue weighted by Crippen LogP contribution is -2.24. The van der Waals surface area contributed by atoms with Gasteiger partial charge < -0.3 is 15.0 Å². The van der Waals surface area contributed by atoms with Crippen molar-refractivity contribution in [3.63, 3.8) is 0 Å². The maximum Gasteiger partial charge on any atom is 0.417 e. The number of ether oxygens (including phenoxy) is 1. The van der Waals surface area contributed by atoms with Gasteiger partial charge in [-0.3, -0.25) is 14.6 Å². The van der Waals surface area contributed by atoms with E-state index in [1.54, 1.807) is 29.2 Å². The number of carbonyl (C=O) groups is 3. The smallest absolute Gasteiger partial charge is 0.417 e. The van der Waals surface area contributed by atoms with E-state index in [0.717, 1.165) is 12.6 Å². The molecule has 0 unspecified atom stereocenters. The number of alkyl halides is 3. The lowest BCUT2D eigenvalue weighted by molar-refractivity contribution is -0.136. The van der Waals surface area contributed by atoms with Gasteiger partial charge in [0.05, 0.1) is 16.6 Å². The van der Waals surface area contributed by atoms with E-state index in [0.29, 0.717) is 24.3 Å². The summed E-state index contributed by atoms with van der Waals surface area (Å²) in [5.41, 5.74) is -0.766. The number of benzene rings is 2. The lowest BCUT2D eigenvalue weighted by Gasteiger charge is -2.16. The number of pyridine rings is 1. The fraction of sp³-hybridized carbons (Fsp3) is 0.217. The molecule has 0 atom stereocenters. The Bertz CT molecular complexity index is 1230. The van der Waals surface area contributed by atoms with Gasteiger partial charge in [0.1, 0.15) is 0 Å². The van der Waals surface area contributed by atoms with Crippen molar-refractivity contribution in [2.75, 3.05) is 23.4 Å². The predicted octanol–water partition coefficient (Wildman–Crippen LogP) is 4.18. The zero-order chi connectivity index (χ0) is 23.6. The molecule has 2 amide bonds. The SMILES string of the molecule is O=C(COC(=O)c1cnc2ccccc2c1C(F)(F)F)Nc1ccc(N2CCCC2=O)cc1. The molecule has 7 nitrogen and oxygen atoms in total. The standard InChI is InChI=1S/C23H18F3N3O4/c24-23(25,26)21-16-4-1-2-5-18(16)27-12-17(21)22(32)33-13-19(30)28-14-7-9-15(10-8-14)29-11-3-6-20(29)31/h1-2,4-5,7-10,12H,3,6,11,13H2,(H,28,30). The average Bonchev–Trinajstić information content (AvgIpc) is 3.22. The number of hydrogen-bond acceptors (Lipinski definition) is 5. The Morgan fingerprint density at radius 1 is 1.09 bits per heavy atom. The molecule has 33 heavy (non-hydrogen) atoms. The van der Waals surface area contributed by atoms with Crippen molar-refractivity contribution < 1.29 is 32.3 Å². The second-order valence-electron chi connectivity index (χ2n) is 7.38. The van der Waals surface area contributed by atoms with E-state index in [4.69, 9.17) is 4.74 Å². The maximum atomic E-state index is 13.7. The molecule has 0 bridgehead atoms. The summed E-state index contributed by atoms with van der Waals surface area (Å²) in [6.45, 7) is -0.153. The number of rotatable bonds is 5. The minimum absolute atomic E-state index is 0.0279. The fourth-order valence-corrected chi connectivity index (χ4v) is 3.65. The highest BCUT2D eigenvalue weighted by Crippen LogP contribution is 2.37. The van der Waals surface area contributed by atoms with E-state index in [-0.39, 0.29) is 16.8 Å². The third-order valence-electron chi connectivity index (χ3n) is 5.15. The van der Waals surface area contributed by atoms with Gasteiger partial charge in [0.15, 0.2) is 6.61 Å². The highest BCUT2D eigenvalue weighted by Gasteiger charge is 2.38. The molecule has 10 heteroatoms. The summed E-state index contributed by atoms with van der Waals surface area (Å²) in [6, 6.07) is 12.1. The van der Waals surface area contributed by atoms with Crippen LogP contribution in [0.4, 0.5) is 24.5 Å². The Balaban J connectivity index is 1.42. The molecule has 1 aliphatic rings. The predicted molar refractivity (Wildman–Crippen MR) is 114 cm³/mol. The van der Waals surface area contributed by atoms with Crippen LogP contribution in [0.1, 0.15) is 28.8 Å². The number of nitrogens with zero attached hydrogens (tertiary/aromatic N) is 2. The molecular formula is C23H18F3N3O4.